The molecule has 0 aliphatic rings. The Balaban J connectivity index is 2.36. The third-order valence-electron chi connectivity index (χ3n) is 4.33. The van der Waals surface area contributed by atoms with Crippen molar-refractivity contribution in [1.82, 2.24) is 5.32 Å². The van der Waals surface area contributed by atoms with Gasteiger partial charge in [-0.25, -0.2) is 4.39 Å². The van der Waals surface area contributed by atoms with Gasteiger partial charge in [0.15, 0.2) is 0 Å². The SMILES string of the molecule is CCOC(=O)C[C@H](c1ccc([N+](=O)[O-])cc1)[C@@H](NC(=O)c1ccc(F)cc1)C(N)=O. The summed E-state index contributed by atoms with van der Waals surface area (Å²) in [6, 6.07) is 8.49. The van der Waals surface area contributed by atoms with Crippen molar-refractivity contribution in [2.75, 3.05) is 6.61 Å². The van der Waals surface area contributed by atoms with Gasteiger partial charge in [-0.15, -0.1) is 0 Å². The minimum atomic E-state index is -1.33. The summed E-state index contributed by atoms with van der Waals surface area (Å²) in [4.78, 5) is 47.0. The van der Waals surface area contributed by atoms with E-state index in [4.69, 9.17) is 10.5 Å². The van der Waals surface area contributed by atoms with Gasteiger partial charge in [-0.3, -0.25) is 24.5 Å². The molecular formula is C20H20FN3O6. The molecule has 0 saturated heterocycles. The first-order valence-corrected chi connectivity index (χ1v) is 8.98. The molecule has 158 valence electrons. The van der Waals surface area contributed by atoms with Crippen molar-refractivity contribution < 1.29 is 28.4 Å². The number of primary amides is 1. The van der Waals surface area contributed by atoms with Crippen LogP contribution in [0.15, 0.2) is 48.5 Å². The largest absolute Gasteiger partial charge is 0.466 e. The molecule has 3 N–H and O–H groups in total. The van der Waals surface area contributed by atoms with Crippen LogP contribution in [-0.2, 0) is 14.3 Å². The first-order valence-electron chi connectivity index (χ1n) is 8.98. The standard InChI is InChI=1S/C20H20FN3O6/c1-2-30-17(25)11-16(12-5-9-15(10-6-12)24(28)29)18(19(22)26)23-20(27)13-3-7-14(21)8-4-13/h3-10,16,18H,2,11H2,1H3,(H2,22,26)(H,23,27)/t16-,18-/m1/s1. The molecule has 0 fully saturated rings. The van der Waals surface area contributed by atoms with E-state index in [-0.39, 0.29) is 24.3 Å². The van der Waals surface area contributed by atoms with Crippen LogP contribution in [0.3, 0.4) is 0 Å². The van der Waals surface area contributed by atoms with Gasteiger partial charge in [0.25, 0.3) is 11.6 Å². The van der Waals surface area contributed by atoms with Gasteiger partial charge in [0.1, 0.15) is 11.9 Å². The molecule has 2 amide bonds. The molecular weight excluding hydrogens is 397 g/mol. The second-order valence-corrected chi connectivity index (χ2v) is 6.32. The predicted octanol–water partition coefficient (Wildman–Crippen LogP) is 2.05. The monoisotopic (exact) mass is 417 g/mol. The zero-order valence-corrected chi connectivity index (χ0v) is 16.0. The lowest BCUT2D eigenvalue weighted by Gasteiger charge is -2.25. The van der Waals surface area contributed by atoms with Crippen molar-refractivity contribution in [3.8, 4) is 0 Å². The average Bonchev–Trinajstić information content (AvgIpc) is 2.71. The molecule has 0 aliphatic carbocycles. The highest BCUT2D eigenvalue weighted by atomic mass is 19.1. The lowest BCUT2D eigenvalue weighted by atomic mass is 9.87. The van der Waals surface area contributed by atoms with E-state index < -0.39 is 40.5 Å². The molecule has 9 nitrogen and oxygen atoms in total. The molecule has 0 heterocycles. The van der Waals surface area contributed by atoms with Crippen molar-refractivity contribution >= 4 is 23.5 Å². The predicted molar refractivity (Wildman–Crippen MR) is 104 cm³/mol. The number of amides is 2. The van der Waals surface area contributed by atoms with Crippen LogP contribution < -0.4 is 11.1 Å². The van der Waals surface area contributed by atoms with E-state index in [0.29, 0.717) is 5.56 Å². The van der Waals surface area contributed by atoms with Crippen molar-refractivity contribution in [1.29, 1.82) is 0 Å². The first kappa shape index (κ1) is 22.5. The van der Waals surface area contributed by atoms with Gasteiger partial charge < -0.3 is 15.8 Å². The summed E-state index contributed by atoms with van der Waals surface area (Å²) in [6.45, 7) is 1.72. The maximum absolute atomic E-state index is 13.1. The Bertz CT molecular complexity index is 931. The Morgan fingerprint density at radius 1 is 1.13 bits per heavy atom. The maximum atomic E-state index is 13.1. The molecule has 0 bridgehead atoms. The minimum absolute atomic E-state index is 0.0845. The smallest absolute Gasteiger partial charge is 0.306 e. The van der Waals surface area contributed by atoms with E-state index in [2.05, 4.69) is 5.32 Å². The Labute approximate surface area is 171 Å². The normalized spacial score (nSPS) is 12.5. The number of nitrogens with two attached hydrogens (primary N) is 1. The highest BCUT2D eigenvalue weighted by molar-refractivity contribution is 5.97. The summed E-state index contributed by atoms with van der Waals surface area (Å²) < 4.78 is 18.0. The van der Waals surface area contributed by atoms with Crippen LogP contribution in [0, 0.1) is 15.9 Å². The van der Waals surface area contributed by atoms with Crippen molar-refractivity contribution in [2.24, 2.45) is 5.73 Å². The van der Waals surface area contributed by atoms with Crippen LogP contribution >= 0.6 is 0 Å². The Morgan fingerprint density at radius 3 is 2.23 bits per heavy atom. The molecule has 2 atom stereocenters. The molecule has 0 saturated carbocycles. The number of non-ortho nitro benzene ring substituents is 1. The average molecular weight is 417 g/mol. The molecule has 0 aliphatic heterocycles. The number of ether oxygens (including phenoxy) is 1. The summed E-state index contributed by atoms with van der Waals surface area (Å²) in [5.74, 6) is -3.73. The number of halogens is 1. The fourth-order valence-corrected chi connectivity index (χ4v) is 2.87. The Hall–Kier alpha value is -3.82. The molecule has 0 unspecified atom stereocenters. The molecule has 2 rings (SSSR count). The number of benzene rings is 2. The van der Waals surface area contributed by atoms with Gasteiger partial charge in [0.2, 0.25) is 5.91 Å². The quantitative estimate of drug-likeness (QED) is 0.363. The lowest BCUT2D eigenvalue weighted by molar-refractivity contribution is -0.384. The van der Waals surface area contributed by atoms with Gasteiger partial charge in [0, 0.05) is 23.6 Å². The highest BCUT2D eigenvalue weighted by Crippen LogP contribution is 2.27. The third kappa shape index (κ3) is 5.84. The molecule has 0 aromatic heterocycles. The van der Waals surface area contributed by atoms with Crippen molar-refractivity contribution in [3.05, 3.63) is 75.6 Å². The first-order chi connectivity index (χ1) is 14.2. The zero-order chi connectivity index (χ0) is 22.3. The number of rotatable bonds is 9. The van der Waals surface area contributed by atoms with Crippen LogP contribution in [0.1, 0.15) is 35.2 Å². The fourth-order valence-electron chi connectivity index (χ4n) is 2.87. The van der Waals surface area contributed by atoms with Gasteiger partial charge in [-0.1, -0.05) is 12.1 Å². The number of hydrogen-bond acceptors (Lipinski definition) is 6. The summed E-state index contributed by atoms with van der Waals surface area (Å²) in [7, 11) is 0. The number of carbonyl (C=O) groups is 3. The van der Waals surface area contributed by atoms with Crippen LogP contribution in [0.5, 0.6) is 0 Å². The maximum Gasteiger partial charge on any atom is 0.306 e. The third-order valence-corrected chi connectivity index (χ3v) is 4.33. The summed E-state index contributed by atoms with van der Waals surface area (Å²) >= 11 is 0. The van der Waals surface area contributed by atoms with Crippen LogP contribution in [0.2, 0.25) is 0 Å². The highest BCUT2D eigenvalue weighted by Gasteiger charge is 2.32. The van der Waals surface area contributed by atoms with E-state index in [1.54, 1.807) is 6.92 Å². The Morgan fingerprint density at radius 2 is 1.73 bits per heavy atom. The van der Waals surface area contributed by atoms with E-state index in [9.17, 15) is 28.9 Å². The molecule has 2 aromatic carbocycles. The number of carbonyl (C=O) groups excluding carboxylic acids is 3. The van der Waals surface area contributed by atoms with E-state index in [1.165, 1.54) is 36.4 Å². The summed E-state index contributed by atoms with van der Waals surface area (Å²) in [5, 5.41) is 13.3. The van der Waals surface area contributed by atoms with Gasteiger partial charge in [0.05, 0.1) is 18.0 Å². The minimum Gasteiger partial charge on any atom is -0.466 e. The molecule has 0 radical (unpaired) electrons. The van der Waals surface area contributed by atoms with Crippen LogP contribution in [0.4, 0.5) is 10.1 Å². The van der Waals surface area contributed by atoms with Gasteiger partial charge in [-0.05, 0) is 36.8 Å². The van der Waals surface area contributed by atoms with Gasteiger partial charge >= 0.3 is 5.97 Å². The van der Waals surface area contributed by atoms with Gasteiger partial charge in [-0.2, -0.15) is 0 Å². The second-order valence-electron chi connectivity index (χ2n) is 6.32. The number of esters is 1. The van der Waals surface area contributed by atoms with Crippen molar-refractivity contribution in [2.45, 2.75) is 25.3 Å². The molecule has 30 heavy (non-hydrogen) atoms. The topological polar surface area (TPSA) is 142 Å². The fraction of sp³-hybridized carbons (Fsp3) is 0.250. The molecule has 10 heteroatoms. The summed E-state index contributed by atoms with van der Waals surface area (Å²) in [6.07, 6.45) is -0.303. The number of nitrogens with zero attached hydrogens (tertiary/aromatic N) is 1. The molecule has 2 aromatic rings. The zero-order valence-electron chi connectivity index (χ0n) is 16.0. The molecule has 0 spiro atoms. The van der Waals surface area contributed by atoms with E-state index >= 15 is 0 Å². The summed E-state index contributed by atoms with van der Waals surface area (Å²) in [5.41, 5.74) is 5.75. The lowest BCUT2D eigenvalue weighted by Crippen LogP contribution is -2.48. The number of hydrogen-bond donors (Lipinski definition) is 2. The van der Waals surface area contributed by atoms with Crippen molar-refractivity contribution in [3.63, 3.8) is 0 Å². The number of nitro benzene ring substituents is 1. The second kappa shape index (κ2) is 10.1. The van der Waals surface area contributed by atoms with E-state index in [1.807, 2.05) is 0 Å². The van der Waals surface area contributed by atoms with E-state index in [0.717, 1.165) is 12.1 Å². The van der Waals surface area contributed by atoms with Crippen LogP contribution in [-0.4, -0.2) is 35.4 Å². The van der Waals surface area contributed by atoms with Crippen LogP contribution in [0.25, 0.3) is 0 Å². The Kier molecular flexibility index (Phi) is 7.56. The number of nitrogens with one attached hydrogen (secondary N) is 1. The number of nitro groups is 1.